The third-order valence-corrected chi connectivity index (χ3v) is 5.78. The molecule has 160 valence electrons. The molecule has 2 fully saturated rings. The Kier molecular flexibility index (Phi) is 6.58. The number of imide groups is 1. The molecule has 0 N–H and O–H groups in total. The van der Waals surface area contributed by atoms with Gasteiger partial charge in [0.2, 0.25) is 0 Å². The maximum Gasteiger partial charge on any atom is 0.328 e. The standard InChI is InChI=1S/C22H34N4O3/c1-21(2,3)17-24-13-9-22(10-14-24)19(27)25(16-18-8-5-6-11-23-18)20(28)26(22)12-7-15-29-4/h5-6,8,11H,7,9-10,12-17H2,1-4H3. The van der Waals surface area contributed by atoms with E-state index >= 15 is 0 Å². The molecule has 3 heterocycles. The van der Waals surface area contributed by atoms with Crippen LogP contribution in [-0.2, 0) is 16.1 Å². The summed E-state index contributed by atoms with van der Waals surface area (Å²) in [5.41, 5.74) is 0.213. The summed E-state index contributed by atoms with van der Waals surface area (Å²) in [6, 6.07) is 5.37. The SMILES string of the molecule is COCCCN1C(=O)N(Cc2ccccn2)C(=O)C12CCN(CC(C)(C)C)CC2. The average molecular weight is 403 g/mol. The number of ether oxygens (including phenoxy) is 1. The second kappa shape index (κ2) is 8.79. The van der Waals surface area contributed by atoms with Gasteiger partial charge in [-0.1, -0.05) is 26.8 Å². The van der Waals surface area contributed by atoms with Crippen LogP contribution in [0.2, 0.25) is 0 Å². The number of likely N-dealkylation sites (tertiary alicyclic amines) is 1. The van der Waals surface area contributed by atoms with Gasteiger partial charge in [-0.3, -0.25) is 14.7 Å². The monoisotopic (exact) mass is 402 g/mol. The highest BCUT2D eigenvalue weighted by atomic mass is 16.5. The quantitative estimate of drug-likeness (QED) is 0.518. The number of urea groups is 1. The first kappa shape index (κ1) is 21.7. The Morgan fingerprint density at radius 2 is 1.90 bits per heavy atom. The first-order valence-corrected chi connectivity index (χ1v) is 10.5. The molecule has 3 amide bonds. The third kappa shape index (κ3) is 4.78. The van der Waals surface area contributed by atoms with E-state index in [2.05, 4.69) is 30.7 Å². The molecule has 1 aromatic heterocycles. The van der Waals surface area contributed by atoms with Crippen LogP contribution in [0.1, 0.15) is 45.7 Å². The molecule has 2 aliphatic heterocycles. The molecule has 2 aliphatic rings. The molecule has 0 saturated carbocycles. The van der Waals surface area contributed by atoms with Crippen molar-refractivity contribution in [1.82, 2.24) is 19.7 Å². The predicted molar refractivity (Wildman–Crippen MR) is 111 cm³/mol. The molecule has 7 heteroatoms. The van der Waals surface area contributed by atoms with Crippen molar-refractivity contribution in [2.24, 2.45) is 5.41 Å². The Hall–Kier alpha value is -1.99. The van der Waals surface area contributed by atoms with Crippen molar-refractivity contribution in [3.05, 3.63) is 30.1 Å². The van der Waals surface area contributed by atoms with E-state index in [-0.39, 0.29) is 23.9 Å². The third-order valence-electron chi connectivity index (χ3n) is 5.78. The molecule has 0 bridgehead atoms. The Bertz CT molecular complexity index is 709. The number of amides is 3. The Balaban J connectivity index is 1.79. The summed E-state index contributed by atoms with van der Waals surface area (Å²) in [5.74, 6) is -0.0685. The minimum atomic E-state index is -0.728. The molecule has 1 spiro atoms. The summed E-state index contributed by atoms with van der Waals surface area (Å²) in [6.07, 6.45) is 3.77. The summed E-state index contributed by atoms with van der Waals surface area (Å²) in [5, 5.41) is 0. The second-order valence-corrected chi connectivity index (χ2v) is 9.36. The maximum absolute atomic E-state index is 13.5. The topological polar surface area (TPSA) is 66.0 Å². The van der Waals surface area contributed by atoms with E-state index in [1.165, 1.54) is 4.90 Å². The number of carbonyl (C=O) groups is 2. The van der Waals surface area contributed by atoms with Crippen LogP contribution in [0.3, 0.4) is 0 Å². The fourth-order valence-electron chi connectivity index (χ4n) is 4.49. The maximum atomic E-state index is 13.5. The molecule has 29 heavy (non-hydrogen) atoms. The summed E-state index contributed by atoms with van der Waals surface area (Å²) in [4.78, 5) is 36.7. The van der Waals surface area contributed by atoms with Crippen LogP contribution in [0, 0.1) is 5.41 Å². The van der Waals surface area contributed by atoms with Gasteiger partial charge in [-0.05, 0) is 36.8 Å². The largest absolute Gasteiger partial charge is 0.385 e. The molecule has 0 aliphatic carbocycles. The van der Waals surface area contributed by atoms with Crippen LogP contribution < -0.4 is 0 Å². The number of nitrogens with zero attached hydrogens (tertiary/aromatic N) is 4. The molecular weight excluding hydrogens is 368 g/mol. The minimum Gasteiger partial charge on any atom is -0.385 e. The lowest BCUT2D eigenvalue weighted by Gasteiger charge is -2.43. The van der Waals surface area contributed by atoms with Gasteiger partial charge in [0.15, 0.2) is 0 Å². The van der Waals surface area contributed by atoms with Crippen molar-refractivity contribution in [2.45, 2.75) is 52.1 Å². The first-order valence-electron chi connectivity index (χ1n) is 10.5. The van der Waals surface area contributed by atoms with Crippen LogP contribution in [0.4, 0.5) is 4.79 Å². The van der Waals surface area contributed by atoms with E-state index in [1.807, 2.05) is 23.1 Å². The number of hydrogen-bond donors (Lipinski definition) is 0. The van der Waals surface area contributed by atoms with Crippen molar-refractivity contribution in [2.75, 3.05) is 39.9 Å². The van der Waals surface area contributed by atoms with E-state index in [1.54, 1.807) is 13.3 Å². The van der Waals surface area contributed by atoms with Crippen molar-refractivity contribution in [1.29, 1.82) is 0 Å². The van der Waals surface area contributed by atoms with Gasteiger partial charge in [-0.2, -0.15) is 0 Å². The molecule has 0 unspecified atom stereocenters. The van der Waals surface area contributed by atoms with Gasteiger partial charge in [0.05, 0.1) is 12.2 Å². The van der Waals surface area contributed by atoms with Gasteiger partial charge in [0.25, 0.3) is 5.91 Å². The summed E-state index contributed by atoms with van der Waals surface area (Å²) in [7, 11) is 1.66. The highest BCUT2D eigenvalue weighted by Gasteiger charge is 2.57. The molecule has 0 atom stereocenters. The molecule has 7 nitrogen and oxygen atoms in total. The summed E-state index contributed by atoms with van der Waals surface area (Å²) < 4.78 is 5.18. The van der Waals surface area contributed by atoms with Gasteiger partial charge in [0.1, 0.15) is 5.54 Å². The zero-order valence-electron chi connectivity index (χ0n) is 18.2. The predicted octanol–water partition coefficient (Wildman–Crippen LogP) is 2.76. The fourth-order valence-corrected chi connectivity index (χ4v) is 4.49. The van der Waals surface area contributed by atoms with E-state index in [4.69, 9.17) is 4.74 Å². The van der Waals surface area contributed by atoms with Crippen LogP contribution in [-0.4, -0.2) is 77.1 Å². The number of aromatic nitrogens is 1. The van der Waals surface area contributed by atoms with Crippen molar-refractivity contribution < 1.29 is 14.3 Å². The van der Waals surface area contributed by atoms with Gasteiger partial charge < -0.3 is 14.5 Å². The van der Waals surface area contributed by atoms with Crippen LogP contribution in [0.25, 0.3) is 0 Å². The lowest BCUT2D eigenvalue weighted by Crippen LogP contribution is -2.57. The number of carbonyl (C=O) groups excluding carboxylic acids is 2. The summed E-state index contributed by atoms with van der Waals surface area (Å²) >= 11 is 0. The van der Waals surface area contributed by atoms with E-state index in [0.29, 0.717) is 26.0 Å². The highest BCUT2D eigenvalue weighted by molar-refractivity contribution is 6.07. The fraction of sp³-hybridized carbons (Fsp3) is 0.682. The summed E-state index contributed by atoms with van der Waals surface area (Å²) in [6.45, 7) is 10.7. The van der Waals surface area contributed by atoms with E-state index in [0.717, 1.165) is 31.7 Å². The number of hydrogen-bond acceptors (Lipinski definition) is 5. The van der Waals surface area contributed by atoms with E-state index < -0.39 is 5.54 Å². The zero-order valence-corrected chi connectivity index (χ0v) is 18.2. The van der Waals surface area contributed by atoms with Gasteiger partial charge in [0, 0.05) is 46.1 Å². The Morgan fingerprint density at radius 3 is 2.48 bits per heavy atom. The first-order chi connectivity index (χ1) is 13.8. The van der Waals surface area contributed by atoms with Gasteiger partial charge >= 0.3 is 6.03 Å². The molecule has 2 saturated heterocycles. The van der Waals surface area contributed by atoms with Crippen molar-refractivity contribution in [3.8, 4) is 0 Å². The second-order valence-electron chi connectivity index (χ2n) is 9.36. The molecular formula is C22H34N4O3. The van der Waals surface area contributed by atoms with Gasteiger partial charge in [-0.15, -0.1) is 0 Å². The number of piperidine rings is 1. The normalized spacial score (nSPS) is 20.1. The molecule has 0 aromatic carbocycles. The highest BCUT2D eigenvalue weighted by Crippen LogP contribution is 2.38. The van der Waals surface area contributed by atoms with Gasteiger partial charge in [-0.25, -0.2) is 4.79 Å². The smallest absolute Gasteiger partial charge is 0.328 e. The zero-order chi connectivity index (χ0) is 21.1. The number of rotatable bonds is 7. The number of pyridine rings is 1. The average Bonchev–Trinajstić information content (AvgIpc) is 2.86. The lowest BCUT2D eigenvalue weighted by atomic mass is 9.84. The van der Waals surface area contributed by atoms with Crippen molar-refractivity contribution in [3.63, 3.8) is 0 Å². The Morgan fingerprint density at radius 1 is 1.17 bits per heavy atom. The number of methoxy groups -OCH3 is 1. The molecule has 1 aromatic rings. The molecule has 3 rings (SSSR count). The molecule has 0 radical (unpaired) electrons. The van der Waals surface area contributed by atoms with Crippen molar-refractivity contribution >= 4 is 11.9 Å². The Labute approximate surface area is 174 Å². The van der Waals surface area contributed by atoms with Crippen LogP contribution >= 0.6 is 0 Å². The van der Waals surface area contributed by atoms with Crippen LogP contribution in [0.5, 0.6) is 0 Å². The van der Waals surface area contributed by atoms with E-state index in [9.17, 15) is 9.59 Å². The minimum absolute atomic E-state index is 0.0685. The lowest BCUT2D eigenvalue weighted by molar-refractivity contribution is -0.136. The van der Waals surface area contributed by atoms with Crippen LogP contribution in [0.15, 0.2) is 24.4 Å².